The molecule has 0 atom stereocenters. The second-order valence-electron chi connectivity index (χ2n) is 12.5. The summed E-state index contributed by atoms with van der Waals surface area (Å²) in [6, 6.07) is 58.2. The van der Waals surface area contributed by atoms with Crippen molar-refractivity contribution >= 4 is 111 Å². The average molecular weight is 679 g/mol. The summed E-state index contributed by atoms with van der Waals surface area (Å²) in [5.74, 6) is 0. The maximum Gasteiger partial charge on any atom is 0.0620 e. The summed E-state index contributed by atoms with van der Waals surface area (Å²) in [4.78, 5) is 10.1. The highest BCUT2D eigenvalue weighted by Crippen LogP contribution is 2.59. The van der Waals surface area contributed by atoms with Crippen LogP contribution in [0, 0.1) is 0 Å². The normalized spacial score (nSPS) is 13.5. The van der Waals surface area contributed by atoms with Gasteiger partial charge in [-0.1, -0.05) is 127 Å². The second-order valence-corrected chi connectivity index (χ2v) is 15.7. The Morgan fingerprint density at radius 3 is 1.24 bits per heavy atom. The predicted octanol–water partition coefficient (Wildman–Crippen LogP) is 14.2. The standard InChI is InChI=1S/C44H26N2S3/c1-3-16-30-28(14-1)43(45-33-18-6-10-22-38(33)48-39-23-11-7-19-34(39)45)29-15-2-4-17-31(29)44(30)46-35-20-8-12-24-40(35)49-42-25-32-27-13-5-9-21-37(27)47-41(32)26-36(42)46/h1-26H. The lowest BCUT2D eigenvalue weighted by Gasteiger charge is -2.37. The molecule has 2 nitrogen and oxygen atoms in total. The summed E-state index contributed by atoms with van der Waals surface area (Å²) in [6.45, 7) is 0. The van der Waals surface area contributed by atoms with Crippen LogP contribution < -0.4 is 9.80 Å². The topological polar surface area (TPSA) is 6.48 Å². The fourth-order valence-electron chi connectivity index (χ4n) is 7.72. The largest absolute Gasteiger partial charge is 0.307 e. The molecule has 9 aromatic rings. The van der Waals surface area contributed by atoms with Gasteiger partial charge in [0.1, 0.15) is 0 Å². The molecule has 11 rings (SSSR count). The highest BCUT2D eigenvalue weighted by Gasteiger charge is 2.32. The van der Waals surface area contributed by atoms with Gasteiger partial charge in [-0.15, -0.1) is 11.3 Å². The van der Waals surface area contributed by atoms with Gasteiger partial charge in [0.15, 0.2) is 0 Å². The van der Waals surface area contributed by atoms with E-state index < -0.39 is 0 Å². The maximum atomic E-state index is 2.55. The van der Waals surface area contributed by atoms with Gasteiger partial charge in [0.2, 0.25) is 0 Å². The first-order chi connectivity index (χ1) is 24.3. The Bertz CT molecular complexity index is 2720. The van der Waals surface area contributed by atoms with Gasteiger partial charge in [0.25, 0.3) is 0 Å². The number of anilines is 6. The van der Waals surface area contributed by atoms with Gasteiger partial charge in [-0.05, 0) is 54.6 Å². The number of benzene rings is 8. The van der Waals surface area contributed by atoms with Gasteiger partial charge in [-0.25, -0.2) is 0 Å². The van der Waals surface area contributed by atoms with Crippen LogP contribution in [0.5, 0.6) is 0 Å². The monoisotopic (exact) mass is 678 g/mol. The van der Waals surface area contributed by atoms with E-state index in [0.29, 0.717) is 0 Å². The molecule has 230 valence electrons. The third-order valence-corrected chi connectivity index (χ3v) is 13.2. The number of hydrogen-bond donors (Lipinski definition) is 0. The lowest BCUT2D eigenvalue weighted by Crippen LogP contribution is -2.18. The molecule has 0 radical (unpaired) electrons. The van der Waals surface area contributed by atoms with E-state index in [1.165, 1.54) is 95.4 Å². The molecule has 2 aliphatic heterocycles. The first-order valence-corrected chi connectivity index (χ1v) is 18.9. The molecule has 0 spiro atoms. The van der Waals surface area contributed by atoms with E-state index >= 15 is 0 Å². The number of fused-ring (bicyclic) bond motifs is 9. The zero-order valence-electron chi connectivity index (χ0n) is 26.1. The van der Waals surface area contributed by atoms with Crippen LogP contribution in [-0.2, 0) is 0 Å². The number of thiophene rings is 1. The first-order valence-electron chi connectivity index (χ1n) is 16.4. The van der Waals surface area contributed by atoms with Crippen LogP contribution in [0.4, 0.5) is 34.1 Å². The van der Waals surface area contributed by atoms with E-state index in [2.05, 4.69) is 168 Å². The number of rotatable bonds is 2. The molecule has 0 unspecified atom stereocenters. The lowest BCUT2D eigenvalue weighted by molar-refractivity contribution is 1.17. The third-order valence-electron chi connectivity index (χ3n) is 9.78. The summed E-state index contributed by atoms with van der Waals surface area (Å²) in [6.07, 6.45) is 0. The van der Waals surface area contributed by atoms with Crippen molar-refractivity contribution in [2.24, 2.45) is 0 Å². The molecular weight excluding hydrogens is 653 g/mol. The van der Waals surface area contributed by atoms with Gasteiger partial charge >= 0.3 is 0 Å². The number of nitrogens with zero attached hydrogens (tertiary/aromatic N) is 2. The quantitative estimate of drug-likeness (QED) is 0.168. The molecular formula is C44H26N2S3. The van der Waals surface area contributed by atoms with Crippen molar-refractivity contribution < 1.29 is 0 Å². The fraction of sp³-hybridized carbons (Fsp3) is 0. The summed E-state index contributed by atoms with van der Waals surface area (Å²) >= 11 is 5.62. The van der Waals surface area contributed by atoms with E-state index in [4.69, 9.17) is 0 Å². The molecule has 3 heterocycles. The lowest BCUT2D eigenvalue weighted by atomic mass is 9.95. The van der Waals surface area contributed by atoms with Gasteiger partial charge < -0.3 is 9.80 Å². The van der Waals surface area contributed by atoms with Gasteiger partial charge in [-0.2, -0.15) is 0 Å². The summed E-state index contributed by atoms with van der Waals surface area (Å²) in [5, 5.41) is 7.58. The summed E-state index contributed by atoms with van der Waals surface area (Å²) < 4.78 is 2.64. The average Bonchev–Trinajstić information content (AvgIpc) is 3.52. The van der Waals surface area contributed by atoms with Crippen molar-refractivity contribution in [3.8, 4) is 0 Å². The summed E-state index contributed by atoms with van der Waals surface area (Å²) in [5.41, 5.74) is 7.31. The second kappa shape index (κ2) is 10.6. The highest BCUT2D eigenvalue weighted by molar-refractivity contribution is 8.00. The molecule has 0 N–H and O–H groups in total. The van der Waals surface area contributed by atoms with Gasteiger partial charge in [-0.3, -0.25) is 0 Å². The molecule has 0 saturated carbocycles. The molecule has 0 fully saturated rings. The van der Waals surface area contributed by atoms with Crippen molar-refractivity contribution in [3.05, 3.63) is 158 Å². The first kappa shape index (κ1) is 27.7. The van der Waals surface area contributed by atoms with Crippen LogP contribution in [0.15, 0.2) is 177 Å². The number of hydrogen-bond acceptors (Lipinski definition) is 5. The van der Waals surface area contributed by atoms with Crippen molar-refractivity contribution in [1.29, 1.82) is 0 Å². The van der Waals surface area contributed by atoms with Crippen LogP contribution in [0.1, 0.15) is 0 Å². The van der Waals surface area contributed by atoms with Gasteiger partial charge in [0, 0.05) is 61.3 Å². The van der Waals surface area contributed by atoms with Crippen LogP contribution in [-0.4, -0.2) is 0 Å². The molecule has 2 aliphatic rings. The maximum absolute atomic E-state index is 2.55. The van der Waals surface area contributed by atoms with Crippen molar-refractivity contribution in [2.75, 3.05) is 9.80 Å². The SMILES string of the molecule is c1ccc2c(c1)Sc1ccccc1N2c1c2ccccc2c(N2c3ccccc3Sc3cc4c(cc32)sc2ccccc24)c2ccccc12. The van der Waals surface area contributed by atoms with Crippen molar-refractivity contribution in [1.82, 2.24) is 0 Å². The highest BCUT2D eigenvalue weighted by atomic mass is 32.2. The molecule has 0 saturated heterocycles. The Hall–Kier alpha value is -5.20. The van der Waals surface area contributed by atoms with Crippen LogP contribution in [0.3, 0.4) is 0 Å². The Kier molecular flexibility index (Phi) is 6.02. The minimum absolute atomic E-state index is 1.21. The van der Waals surface area contributed by atoms with E-state index in [-0.39, 0.29) is 0 Å². The van der Waals surface area contributed by atoms with E-state index in [0.717, 1.165) is 0 Å². The van der Waals surface area contributed by atoms with E-state index in [1.54, 1.807) is 0 Å². The van der Waals surface area contributed by atoms with E-state index in [1.807, 2.05) is 34.9 Å². The van der Waals surface area contributed by atoms with Crippen molar-refractivity contribution in [3.63, 3.8) is 0 Å². The van der Waals surface area contributed by atoms with Crippen LogP contribution in [0.2, 0.25) is 0 Å². The van der Waals surface area contributed by atoms with Crippen LogP contribution in [0.25, 0.3) is 41.7 Å². The molecule has 49 heavy (non-hydrogen) atoms. The molecule has 1 aromatic heterocycles. The molecule has 5 heteroatoms. The summed E-state index contributed by atoms with van der Waals surface area (Å²) in [7, 11) is 0. The van der Waals surface area contributed by atoms with Gasteiger partial charge in [0.05, 0.1) is 34.1 Å². The Balaban J connectivity index is 1.26. The minimum Gasteiger partial charge on any atom is -0.307 e. The van der Waals surface area contributed by atoms with E-state index in [9.17, 15) is 0 Å². The third kappa shape index (κ3) is 4.04. The molecule has 0 amide bonds. The fourth-order valence-corrected chi connectivity index (χ4v) is 11.0. The zero-order valence-corrected chi connectivity index (χ0v) is 28.6. The molecule has 8 aromatic carbocycles. The minimum atomic E-state index is 1.21. The molecule has 0 aliphatic carbocycles. The smallest absolute Gasteiger partial charge is 0.0620 e. The number of para-hydroxylation sites is 3. The Morgan fingerprint density at radius 1 is 0.306 bits per heavy atom. The van der Waals surface area contributed by atoms with Crippen molar-refractivity contribution in [2.45, 2.75) is 19.6 Å². The molecule has 0 bridgehead atoms. The predicted molar refractivity (Wildman–Crippen MR) is 212 cm³/mol. The van der Waals surface area contributed by atoms with Crippen LogP contribution >= 0.6 is 34.9 Å². The zero-order chi connectivity index (χ0) is 32.1. The Morgan fingerprint density at radius 2 is 0.714 bits per heavy atom. The Labute approximate surface area is 296 Å².